The summed E-state index contributed by atoms with van der Waals surface area (Å²) >= 11 is 0. The third kappa shape index (κ3) is 3.76. The maximum absolute atomic E-state index is 7.08. The Balaban J connectivity index is 1.01. The smallest absolute Gasteiger partial charge is 0.434 e. The van der Waals surface area contributed by atoms with E-state index >= 15 is 0 Å². The number of benzene rings is 9. The first kappa shape index (κ1) is 31.1. The molecule has 15 rings (SSSR count). The van der Waals surface area contributed by atoms with Crippen LogP contribution in [0.4, 0.5) is 0 Å². The molecule has 276 valence electrons. The number of hydrogen-bond donors (Lipinski definition) is 0. The molecule has 0 saturated heterocycles. The molecule has 13 aromatic rings. The molecule has 5 nitrogen and oxygen atoms in total. The molecule has 0 spiro atoms. The average molecular weight is 764 g/mol. The van der Waals surface area contributed by atoms with Gasteiger partial charge in [0, 0.05) is 71.3 Å². The van der Waals surface area contributed by atoms with E-state index in [1.807, 2.05) is 0 Å². The molecule has 4 aromatic heterocycles. The molecular weight excluding hydrogens is 733 g/mol. The highest BCUT2D eigenvalue weighted by atomic mass is 16.5. The van der Waals surface area contributed by atoms with Crippen molar-refractivity contribution in [3.63, 3.8) is 0 Å². The van der Waals surface area contributed by atoms with Crippen LogP contribution in [0.1, 0.15) is 0 Å². The second-order valence-corrected chi connectivity index (χ2v) is 16.4. The van der Waals surface area contributed by atoms with Crippen molar-refractivity contribution in [1.82, 2.24) is 13.5 Å². The van der Waals surface area contributed by atoms with Crippen LogP contribution in [0.25, 0.3) is 104 Å². The van der Waals surface area contributed by atoms with Gasteiger partial charge in [0.2, 0.25) is 0 Å². The van der Waals surface area contributed by atoms with Crippen LogP contribution in [0, 0.1) is 0 Å². The lowest BCUT2D eigenvalue weighted by atomic mass is 9.50. The Kier molecular flexibility index (Phi) is 5.67. The summed E-state index contributed by atoms with van der Waals surface area (Å²) in [7, 11) is 0. The first-order valence-electron chi connectivity index (χ1n) is 20.6. The Morgan fingerprint density at radius 1 is 0.367 bits per heavy atom. The summed E-state index contributed by atoms with van der Waals surface area (Å²) < 4.78 is 21.4. The molecule has 0 fully saturated rings. The van der Waals surface area contributed by atoms with Gasteiger partial charge in [0.15, 0.2) is 0 Å². The molecule has 6 heterocycles. The minimum atomic E-state index is -0.353. The standard InChI is InChI=1S/C54H30BN3O2/c1-7-19-43-33(13-1)34-14-2-8-20-44(34)56(43)31-25-26-49-42(28-31)55-52-39(37-17-6-12-24-48(37)60-55)27-32(29-50(52)59-49)57-45-21-9-3-15-35(45)40-30-41-36-16-4-10-22-46(36)58-47-23-11-5-18-38(47)51(53(40)57)54(41)58/h1-30H. The van der Waals surface area contributed by atoms with Crippen molar-refractivity contribution in [3.8, 4) is 39.8 Å². The minimum Gasteiger partial charge on any atom is -0.551 e. The Bertz CT molecular complexity index is 3990. The number of hydrogen-bond acceptors (Lipinski definition) is 2. The molecule has 0 aliphatic carbocycles. The summed E-state index contributed by atoms with van der Waals surface area (Å²) in [5.41, 5.74) is 14.8. The summed E-state index contributed by atoms with van der Waals surface area (Å²) in [6.07, 6.45) is 0. The fourth-order valence-corrected chi connectivity index (χ4v) is 11.0. The molecule has 9 aromatic carbocycles. The third-order valence-electron chi connectivity index (χ3n) is 13.4. The summed E-state index contributed by atoms with van der Waals surface area (Å²) in [6.45, 7) is -0.353. The molecule has 0 atom stereocenters. The van der Waals surface area contributed by atoms with E-state index in [2.05, 4.69) is 196 Å². The first-order valence-corrected chi connectivity index (χ1v) is 20.6. The van der Waals surface area contributed by atoms with E-state index in [1.165, 1.54) is 76.2 Å². The van der Waals surface area contributed by atoms with E-state index in [9.17, 15) is 0 Å². The van der Waals surface area contributed by atoms with Crippen LogP contribution in [0.3, 0.4) is 0 Å². The molecule has 0 radical (unpaired) electrons. The van der Waals surface area contributed by atoms with Gasteiger partial charge in [-0.15, -0.1) is 0 Å². The van der Waals surface area contributed by atoms with Crippen LogP contribution in [-0.2, 0) is 0 Å². The maximum atomic E-state index is 7.08. The van der Waals surface area contributed by atoms with Gasteiger partial charge < -0.3 is 22.9 Å². The Morgan fingerprint density at radius 3 is 1.67 bits per heavy atom. The number of para-hydroxylation sites is 6. The molecule has 0 saturated carbocycles. The summed E-state index contributed by atoms with van der Waals surface area (Å²) in [5, 5.41) is 10.0. The highest BCUT2D eigenvalue weighted by Gasteiger charge is 2.41. The predicted octanol–water partition coefficient (Wildman–Crippen LogP) is 12.3. The third-order valence-corrected chi connectivity index (χ3v) is 13.4. The lowest BCUT2D eigenvalue weighted by Gasteiger charge is -2.33. The lowest BCUT2D eigenvalue weighted by Crippen LogP contribution is -2.53. The minimum absolute atomic E-state index is 0.353. The molecule has 0 N–H and O–H groups in total. The van der Waals surface area contributed by atoms with Gasteiger partial charge in [0.1, 0.15) is 17.2 Å². The van der Waals surface area contributed by atoms with E-state index in [0.29, 0.717) is 0 Å². The van der Waals surface area contributed by atoms with E-state index in [1.54, 1.807) is 0 Å². The van der Waals surface area contributed by atoms with Gasteiger partial charge in [-0.3, -0.25) is 0 Å². The molecule has 60 heavy (non-hydrogen) atoms. The lowest BCUT2D eigenvalue weighted by molar-refractivity contribution is 0.479. The van der Waals surface area contributed by atoms with Crippen LogP contribution in [0.15, 0.2) is 182 Å². The Hall–Kier alpha value is -7.96. The van der Waals surface area contributed by atoms with Crippen molar-refractivity contribution in [2.45, 2.75) is 0 Å². The van der Waals surface area contributed by atoms with E-state index in [0.717, 1.165) is 56.2 Å². The van der Waals surface area contributed by atoms with E-state index in [4.69, 9.17) is 9.39 Å². The number of rotatable bonds is 2. The second kappa shape index (κ2) is 11.0. The van der Waals surface area contributed by atoms with Gasteiger partial charge >= 0.3 is 6.92 Å². The number of nitrogens with zero attached hydrogens (tertiary/aromatic N) is 3. The first-order chi connectivity index (χ1) is 29.8. The van der Waals surface area contributed by atoms with E-state index < -0.39 is 0 Å². The van der Waals surface area contributed by atoms with Crippen molar-refractivity contribution in [2.24, 2.45) is 0 Å². The Labute approximate surface area is 342 Å². The molecule has 2 aliphatic heterocycles. The monoisotopic (exact) mass is 763 g/mol. The highest BCUT2D eigenvalue weighted by molar-refractivity contribution is 6.84. The Morgan fingerprint density at radius 2 is 0.933 bits per heavy atom. The second-order valence-electron chi connectivity index (χ2n) is 16.4. The topological polar surface area (TPSA) is 32.7 Å². The molecule has 6 heteroatoms. The largest absolute Gasteiger partial charge is 0.551 e. The quantitative estimate of drug-likeness (QED) is 0.164. The SMILES string of the molecule is c1ccc2c(c1)OB1c3cc(-n4c5ccccc5c5ccccc54)ccc3Oc3cc(-n4c5ccccc5c5cc6c7ccccc7n7c8ccccc8c(c54)c67)cc-2c31. The molecular formula is C54H30BN3O2. The van der Waals surface area contributed by atoms with Crippen LogP contribution in [0.5, 0.6) is 17.2 Å². The van der Waals surface area contributed by atoms with Crippen molar-refractivity contribution >= 4 is 99.5 Å². The van der Waals surface area contributed by atoms with Crippen LogP contribution in [0.2, 0.25) is 0 Å². The van der Waals surface area contributed by atoms with E-state index in [-0.39, 0.29) is 6.92 Å². The molecule has 0 unspecified atom stereocenters. The zero-order valence-electron chi connectivity index (χ0n) is 32.1. The van der Waals surface area contributed by atoms with Crippen molar-refractivity contribution in [1.29, 1.82) is 0 Å². The van der Waals surface area contributed by atoms with Gasteiger partial charge in [-0.1, -0.05) is 109 Å². The van der Waals surface area contributed by atoms with Gasteiger partial charge in [-0.25, -0.2) is 0 Å². The number of ether oxygens (including phenoxy) is 1. The predicted molar refractivity (Wildman–Crippen MR) is 247 cm³/mol. The van der Waals surface area contributed by atoms with Gasteiger partial charge in [0.25, 0.3) is 0 Å². The van der Waals surface area contributed by atoms with Crippen LogP contribution in [-0.4, -0.2) is 20.5 Å². The summed E-state index contributed by atoms with van der Waals surface area (Å²) in [6, 6.07) is 65.9. The average Bonchev–Trinajstić information content (AvgIpc) is 4.03. The van der Waals surface area contributed by atoms with Crippen molar-refractivity contribution < 1.29 is 9.39 Å². The highest BCUT2D eigenvalue weighted by Crippen LogP contribution is 2.48. The van der Waals surface area contributed by atoms with Crippen LogP contribution < -0.4 is 20.3 Å². The summed E-state index contributed by atoms with van der Waals surface area (Å²) in [5.74, 6) is 2.49. The fraction of sp³-hybridized carbons (Fsp3) is 0. The van der Waals surface area contributed by atoms with Crippen LogP contribution >= 0.6 is 0 Å². The van der Waals surface area contributed by atoms with Crippen molar-refractivity contribution in [3.05, 3.63) is 182 Å². The number of fused-ring (bicyclic) bond motifs is 17. The summed E-state index contributed by atoms with van der Waals surface area (Å²) in [4.78, 5) is 0. The zero-order chi connectivity index (χ0) is 38.8. The van der Waals surface area contributed by atoms with Gasteiger partial charge in [-0.05, 0) is 72.3 Å². The van der Waals surface area contributed by atoms with Crippen molar-refractivity contribution in [2.75, 3.05) is 0 Å². The fourth-order valence-electron chi connectivity index (χ4n) is 11.0. The molecule has 0 bridgehead atoms. The zero-order valence-corrected chi connectivity index (χ0v) is 32.1. The normalized spacial score (nSPS) is 13.2. The van der Waals surface area contributed by atoms with Gasteiger partial charge in [0.05, 0.1) is 44.3 Å². The van der Waals surface area contributed by atoms with Gasteiger partial charge in [-0.2, -0.15) is 0 Å². The maximum Gasteiger partial charge on any atom is 0.434 e. The molecule has 0 amide bonds. The molecule has 2 aliphatic rings. The number of aromatic nitrogens is 3.